The van der Waals surface area contributed by atoms with E-state index in [-0.39, 0.29) is 0 Å². The van der Waals surface area contributed by atoms with Crippen LogP contribution in [0.4, 0.5) is 11.6 Å². The molecular formula is C15H28N4OS. The minimum atomic E-state index is 0.425. The average Bonchev–Trinajstić information content (AvgIpc) is 2.50. The van der Waals surface area contributed by atoms with Crippen LogP contribution in [0.25, 0.3) is 0 Å². The Bertz CT molecular complexity index is 390. The highest BCUT2D eigenvalue weighted by Gasteiger charge is 2.13. The third-order valence-electron chi connectivity index (χ3n) is 3.18. The Morgan fingerprint density at radius 2 is 2.14 bits per heavy atom. The smallest absolute Gasteiger partial charge is 0.158 e. The third kappa shape index (κ3) is 6.09. The molecule has 1 aromatic rings. The summed E-state index contributed by atoms with van der Waals surface area (Å²) >= 11 is 1.84. The second-order valence-electron chi connectivity index (χ2n) is 5.01. The van der Waals surface area contributed by atoms with Crippen LogP contribution in [0, 0.1) is 0 Å². The zero-order valence-corrected chi connectivity index (χ0v) is 14.7. The minimum absolute atomic E-state index is 0.425. The van der Waals surface area contributed by atoms with E-state index >= 15 is 0 Å². The maximum atomic E-state index is 5.45. The van der Waals surface area contributed by atoms with Crippen molar-refractivity contribution in [1.82, 2.24) is 9.97 Å². The zero-order chi connectivity index (χ0) is 15.7. The Balaban J connectivity index is 2.93. The Labute approximate surface area is 132 Å². The number of aromatic nitrogens is 2. The molecule has 1 atom stereocenters. The van der Waals surface area contributed by atoms with Crippen LogP contribution in [0.5, 0.6) is 0 Å². The van der Waals surface area contributed by atoms with Crippen LogP contribution in [0.1, 0.15) is 33.0 Å². The van der Waals surface area contributed by atoms with E-state index < -0.39 is 0 Å². The largest absolute Gasteiger partial charge is 0.374 e. The first-order valence-electron chi connectivity index (χ1n) is 7.53. The molecule has 0 fully saturated rings. The highest BCUT2D eigenvalue weighted by Crippen LogP contribution is 2.18. The first-order chi connectivity index (χ1) is 10.1. The van der Waals surface area contributed by atoms with Gasteiger partial charge in [0, 0.05) is 38.1 Å². The second-order valence-corrected chi connectivity index (χ2v) is 5.92. The Morgan fingerprint density at radius 3 is 2.76 bits per heavy atom. The molecule has 21 heavy (non-hydrogen) atoms. The van der Waals surface area contributed by atoms with E-state index in [9.17, 15) is 0 Å². The molecule has 0 saturated carbocycles. The molecule has 1 rings (SSSR count). The van der Waals surface area contributed by atoms with E-state index in [4.69, 9.17) is 4.74 Å². The van der Waals surface area contributed by atoms with Gasteiger partial charge in [0.25, 0.3) is 0 Å². The van der Waals surface area contributed by atoms with E-state index in [1.807, 2.05) is 24.8 Å². The van der Waals surface area contributed by atoms with Gasteiger partial charge in [-0.15, -0.1) is 0 Å². The fourth-order valence-corrected chi connectivity index (χ4v) is 2.55. The molecular weight excluding hydrogens is 284 g/mol. The number of thioether (sulfide) groups is 1. The first kappa shape index (κ1) is 18.0. The van der Waals surface area contributed by atoms with Gasteiger partial charge in [0.2, 0.25) is 0 Å². The minimum Gasteiger partial charge on any atom is -0.374 e. The topological polar surface area (TPSA) is 50.3 Å². The lowest BCUT2D eigenvalue weighted by Gasteiger charge is -2.26. The van der Waals surface area contributed by atoms with Gasteiger partial charge in [-0.3, -0.25) is 0 Å². The molecule has 0 aliphatic carbocycles. The summed E-state index contributed by atoms with van der Waals surface area (Å²) in [6.45, 7) is 8.37. The van der Waals surface area contributed by atoms with Crippen molar-refractivity contribution in [3.63, 3.8) is 0 Å². The van der Waals surface area contributed by atoms with E-state index in [0.717, 1.165) is 36.2 Å². The van der Waals surface area contributed by atoms with Crippen LogP contribution in [-0.4, -0.2) is 48.2 Å². The van der Waals surface area contributed by atoms with E-state index in [1.165, 1.54) is 0 Å². The maximum Gasteiger partial charge on any atom is 0.158 e. The van der Waals surface area contributed by atoms with Gasteiger partial charge in [0.05, 0.1) is 0 Å². The van der Waals surface area contributed by atoms with Crippen LogP contribution in [-0.2, 0) is 11.3 Å². The molecule has 0 aliphatic heterocycles. The number of anilines is 2. The molecule has 0 aromatic carbocycles. The van der Waals surface area contributed by atoms with Crippen molar-refractivity contribution in [2.75, 3.05) is 42.4 Å². The van der Waals surface area contributed by atoms with Crippen molar-refractivity contribution in [1.29, 1.82) is 0 Å². The SMILES string of the molecule is CCCNc1cc(N(C)C(C)CSC)nc(COCC)n1. The number of rotatable bonds is 10. The summed E-state index contributed by atoms with van der Waals surface area (Å²) in [5.41, 5.74) is 0. The van der Waals surface area contributed by atoms with Crippen LogP contribution in [0.15, 0.2) is 6.07 Å². The molecule has 120 valence electrons. The molecule has 5 nitrogen and oxygen atoms in total. The van der Waals surface area contributed by atoms with Crippen molar-refractivity contribution in [3.05, 3.63) is 11.9 Å². The molecule has 1 aromatic heterocycles. The van der Waals surface area contributed by atoms with Crippen LogP contribution < -0.4 is 10.2 Å². The maximum absolute atomic E-state index is 5.45. The van der Waals surface area contributed by atoms with Crippen molar-refractivity contribution in [3.8, 4) is 0 Å². The Hall–Kier alpha value is -1.01. The fraction of sp³-hybridized carbons (Fsp3) is 0.733. The lowest BCUT2D eigenvalue weighted by molar-refractivity contribution is 0.128. The Kier molecular flexibility index (Phi) is 8.45. The number of nitrogens with zero attached hydrogens (tertiary/aromatic N) is 3. The third-order valence-corrected chi connectivity index (χ3v) is 4.00. The zero-order valence-electron chi connectivity index (χ0n) is 13.8. The summed E-state index contributed by atoms with van der Waals surface area (Å²) in [5.74, 6) is 3.62. The van der Waals surface area contributed by atoms with Crippen LogP contribution in [0.3, 0.4) is 0 Å². The lowest BCUT2D eigenvalue weighted by atomic mass is 10.3. The van der Waals surface area contributed by atoms with Crippen molar-refractivity contribution in [2.45, 2.75) is 39.8 Å². The first-order valence-corrected chi connectivity index (χ1v) is 8.93. The van der Waals surface area contributed by atoms with Gasteiger partial charge < -0.3 is 15.0 Å². The molecule has 0 spiro atoms. The monoisotopic (exact) mass is 312 g/mol. The van der Waals surface area contributed by atoms with Gasteiger partial charge in [-0.25, -0.2) is 9.97 Å². The van der Waals surface area contributed by atoms with Gasteiger partial charge in [-0.1, -0.05) is 6.92 Å². The average molecular weight is 312 g/mol. The van der Waals surface area contributed by atoms with Crippen molar-refractivity contribution in [2.24, 2.45) is 0 Å². The Morgan fingerprint density at radius 1 is 1.38 bits per heavy atom. The summed E-state index contributed by atoms with van der Waals surface area (Å²) in [5, 5.41) is 3.34. The summed E-state index contributed by atoms with van der Waals surface area (Å²) in [4.78, 5) is 11.3. The lowest BCUT2D eigenvalue weighted by Crippen LogP contribution is -2.32. The predicted octanol–water partition coefficient (Wildman–Crippen LogP) is 3.02. The van der Waals surface area contributed by atoms with Gasteiger partial charge in [-0.05, 0) is 26.5 Å². The molecule has 1 N–H and O–H groups in total. The molecule has 0 radical (unpaired) electrons. The highest BCUT2D eigenvalue weighted by atomic mass is 32.2. The summed E-state index contributed by atoms with van der Waals surface area (Å²) in [6.07, 6.45) is 3.19. The van der Waals surface area contributed by atoms with E-state index in [0.29, 0.717) is 19.3 Å². The molecule has 0 aliphatic rings. The molecule has 0 amide bonds. The van der Waals surface area contributed by atoms with Gasteiger partial charge >= 0.3 is 0 Å². The number of hydrogen-bond acceptors (Lipinski definition) is 6. The second kappa shape index (κ2) is 9.84. The molecule has 0 bridgehead atoms. The predicted molar refractivity (Wildman–Crippen MR) is 92.4 cm³/mol. The summed E-state index contributed by atoms with van der Waals surface area (Å²) in [6, 6.07) is 2.44. The van der Waals surface area contributed by atoms with Crippen molar-refractivity contribution >= 4 is 23.4 Å². The number of nitrogens with one attached hydrogen (secondary N) is 1. The van der Waals surface area contributed by atoms with Gasteiger partial charge in [0.15, 0.2) is 5.82 Å². The van der Waals surface area contributed by atoms with Crippen LogP contribution in [0.2, 0.25) is 0 Å². The van der Waals surface area contributed by atoms with Gasteiger partial charge in [0.1, 0.15) is 18.2 Å². The highest BCUT2D eigenvalue weighted by molar-refractivity contribution is 7.98. The molecule has 0 saturated heterocycles. The van der Waals surface area contributed by atoms with E-state index in [2.05, 4.69) is 47.3 Å². The molecule has 1 unspecified atom stereocenters. The fourth-order valence-electron chi connectivity index (χ4n) is 1.84. The normalized spacial score (nSPS) is 12.2. The van der Waals surface area contributed by atoms with Crippen molar-refractivity contribution < 1.29 is 4.74 Å². The molecule has 6 heteroatoms. The molecule has 1 heterocycles. The standard InChI is InChI=1S/C15H28N4OS/c1-6-8-16-13-9-15(19(4)12(3)11-21-5)18-14(17-13)10-20-7-2/h9,12H,6-8,10-11H2,1-5H3,(H,16,17,18). The van der Waals surface area contributed by atoms with E-state index in [1.54, 1.807) is 0 Å². The summed E-state index contributed by atoms with van der Waals surface area (Å²) < 4.78 is 5.45. The van der Waals surface area contributed by atoms with Crippen LogP contribution >= 0.6 is 11.8 Å². The van der Waals surface area contributed by atoms with Gasteiger partial charge in [-0.2, -0.15) is 11.8 Å². The number of ether oxygens (including phenoxy) is 1. The number of hydrogen-bond donors (Lipinski definition) is 1. The summed E-state index contributed by atoms with van der Waals surface area (Å²) in [7, 11) is 2.08. The quantitative estimate of drug-likeness (QED) is 0.717.